The van der Waals surface area contributed by atoms with Gasteiger partial charge in [0.2, 0.25) is 5.91 Å². The summed E-state index contributed by atoms with van der Waals surface area (Å²) in [5.74, 6) is -0.00800. The average molecular weight is 336 g/mol. The van der Waals surface area contributed by atoms with Gasteiger partial charge in [-0.1, -0.05) is 34.1 Å². The molecule has 1 aromatic rings. The number of amides is 1. The average Bonchev–Trinajstić information content (AvgIpc) is 2.64. The molecule has 0 radical (unpaired) electrons. The Kier molecular flexibility index (Phi) is 4.18. The van der Waals surface area contributed by atoms with Gasteiger partial charge in [-0.2, -0.15) is 13.2 Å². The molecule has 1 saturated heterocycles. The van der Waals surface area contributed by atoms with Gasteiger partial charge in [0, 0.05) is 24.3 Å². The molecular weight excluding hydrogens is 323 g/mol. The summed E-state index contributed by atoms with van der Waals surface area (Å²) in [5, 5.41) is 0. The van der Waals surface area contributed by atoms with E-state index in [4.69, 9.17) is 0 Å². The number of rotatable bonds is 3. The molecule has 6 heteroatoms. The molecule has 2 nitrogen and oxygen atoms in total. The number of alkyl halides is 4. The van der Waals surface area contributed by atoms with E-state index in [1.165, 1.54) is 12.1 Å². The van der Waals surface area contributed by atoms with Crippen LogP contribution in [-0.2, 0) is 17.4 Å². The molecule has 19 heavy (non-hydrogen) atoms. The van der Waals surface area contributed by atoms with Gasteiger partial charge in [-0.3, -0.25) is 4.79 Å². The first-order valence-corrected chi connectivity index (χ1v) is 6.86. The molecular formula is C13H13BrF3NO. The van der Waals surface area contributed by atoms with Gasteiger partial charge in [0.25, 0.3) is 0 Å². The van der Waals surface area contributed by atoms with Crippen LogP contribution in [0.5, 0.6) is 0 Å². The standard InChI is InChI=1S/C13H13BrF3NO/c14-10-7-12(19)18(8-10)6-5-9-3-1-2-4-11(9)13(15,16)17/h1-4,10H,5-8H2. The van der Waals surface area contributed by atoms with E-state index in [0.29, 0.717) is 19.5 Å². The minimum Gasteiger partial charge on any atom is -0.341 e. The van der Waals surface area contributed by atoms with Crippen LogP contribution >= 0.6 is 15.9 Å². The van der Waals surface area contributed by atoms with Crippen LogP contribution in [0.15, 0.2) is 24.3 Å². The van der Waals surface area contributed by atoms with E-state index in [-0.39, 0.29) is 22.7 Å². The van der Waals surface area contributed by atoms with Gasteiger partial charge < -0.3 is 4.90 Å². The summed E-state index contributed by atoms with van der Waals surface area (Å²) in [6.45, 7) is 0.890. The Balaban J connectivity index is 2.06. The normalized spacial score (nSPS) is 20.1. The van der Waals surface area contributed by atoms with E-state index in [9.17, 15) is 18.0 Å². The maximum Gasteiger partial charge on any atom is 0.416 e. The number of benzene rings is 1. The van der Waals surface area contributed by atoms with Crippen LogP contribution in [0.1, 0.15) is 17.5 Å². The Bertz CT molecular complexity index is 475. The molecule has 1 aromatic carbocycles. The fraction of sp³-hybridized carbons (Fsp3) is 0.462. The lowest BCUT2D eigenvalue weighted by Gasteiger charge is -2.18. The summed E-state index contributed by atoms with van der Waals surface area (Å²) in [6.07, 6.45) is -3.70. The largest absolute Gasteiger partial charge is 0.416 e. The molecule has 1 atom stereocenters. The number of likely N-dealkylation sites (tertiary alicyclic amines) is 1. The number of carbonyl (C=O) groups is 1. The summed E-state index contributed by atoms with van der Waals surface area (Å²) in [7, 11) is 0. The zero-order chi connectivity index (χ0) is 14.0. The van der Waals surface area contributed by atoms with Gasteiger partial charge >= 0.3 is 6.18 Å². The number of nitrogens with zero attached hydrogens (tertiary/aromatic N) is 1. The van der Waals surface area contributed by atoms with Gasteiger partial charge in [-0.05, 0) is 18.1 Å². The molecule has 0 aliphatic carbocycles. The zero-order valence-electron chi connectivity index (χ0n) is 10.1. The quantitative estimate of drug-likeness (QED) is 0.776. The van der Waals surface area contributed by atoms with Crippen molar-refractivity contribution >= 4 is 21.8 Å². The van der Waals surface area contributed by atoms with Crippen molar-refractivity contribution in [3.8, 4) is 0 Å². The number of carbonyl (C=O) groups excluding carboxylic acids is 1. The first kappa shape index (κ1) is 14.4. The fourth-order valence-electron chi connectivity index (χ4n) is 2.21. The summed E-state index contributed by atoms with van der Waals surface area (Å²) < 4.78 is 38.4. The minimum atomic E-state index is -4.34. The van der Waals surface area contributed by atoms with Crippen molar-refractivity contribution in [3.63, 3.8) is 0 Å². The third-order valence-corrected chi connectivity index (χ3v) is 3.75. The Labute approximate surface area is 117 Å². The first-order valence-electron chi connectivity index (χ1n) is 5.95. The van der Waals surface area contributed by atoms with Gasteiger partial charge in [0.05, 0.1) is 5.56 Å². The topological polar surface area (TPSA) is 20.3 Å². The molecule has 0 aromatic heterocycles. The zero-order valence-corrected chi connectivity index (χ0v) is 11.7. The first-order chi connectivity index (χ1) is 8.88. The second-order valence-corrected chi connectivity index (χ2v) is 5.84. The number of hydrogen-bond donors (Lipinski definition) is 0. The Hall–Kier alpha value is -1.04. The van der Waals surface area contributed by atoms with E-state index in [1.807, 2.05) is 0 Å². The second kappa shape index (κ2) is 5.53. The Morgan fingerprint density at radius 2 is 2.00 bits per heavy atom. The highest BCUT2D eigenvalue weighted by Gasteiger charge is 2.33. The van der Waals surface area contributed by atoms with Crippen LogP contribution in [0.3, 0.4) is 0 Å². The molecule has 1 aliphatic heterocycles. The molecule has 104 valence electrons. The van der Waals surface area contributed by atoms with Crippen molar-refractivity contribution in [2.45, 2.75) is 23.8 Å². The maximum atomic E-state index is 12.8. The van der Waals surface area contributed by atoms with Crippen molar-refractivity contribution in [3.05, 3.63) is 35.4 Å². The van der Waals surface area contributed by atoms with Gasteiger partial charge in [0.1, 0.15) is 0 Å². The molecule has 0 saturated carbocycles. The predicted octanol–water partition coefficient (Wildman–Crippen LogP) is 3.24. The summed E-state index contributed by atoms with van der Waals surface area (Å²) in [4.78, 5) is 13.3. The van der Waals surface area contributed by atoms with Crippen molar-refractivity contribution in [2.75, 3.05) is 13.1 Å². The van der Waals surface area contributed by atoms with Crippen LogP contribution in [-0.4, -0.2) is 28.7 Å². The molecule has 1 fully saturated rings. The highest BCUT2D eigenvalue weighted by Crippen LogP contribution is 2.32. The molecule has 1 unspecified atom stereocenters. The lowest BCUT2D eigenvalue weighted by molar-refractivity contribution is -0.138. The third kappa shape index (κ3) is 3.49. The lowest BCUT2D eigenvalue weighted by Crippen LogP contribution is -2.28. The molecule has 0 bridgehead atoms. The van der Waals surface area contributed by atoms with E-state index >= 15 is 0 Å². The maximum absolute atomic E-state index is 12.8. The monoisotopic (exact) mass is 335 g/mol. The van der Waals surface area contributed by atoms with Crippen molar-refractivity contribution in [1.29, 1.82) is 0 Å². The van der Waals surface area contributed by atoms with Crippen LogP contribution in [0.25, 0.3) is 0 Å². The van der Waals surface area contributed by atoms with E-state index in [2.05, 4.69) is 15.9 Å². The highest BCUT2D eigenvalue weighted by atomic mass is 79.9. The van der Waals surface area contributed by atoms with E-state index in [1.54, 1.807) is 11.0 Å². The minimum absolute atomic E-state index is 0.00800. The lowest BCUT2D eigenvalue weighted by atomic mass is 10.0. The van der Waals surface area contributed by atoms with Crippen LogP contribution in [0, 0.1) is 0 Å². The van der Waals surface area contributed by atoms with Crippen LogP contribution < -0.4 is 0 Å². The predicted molar refractivity (Wildman–Crippen MR) is 69.1 cm³/mol. The fourth-order valence-corrected chi connectivity index (χ4v) is 2.84. The van der Waals surface area contributed by atoms with Crippen molar-refractivity contribution < 1.29 is 18.0 Å². The van der Waals surface area contributed by atoms with E-state index in [0.717, 1.165) is 6.07 Å². The van der Waals surface area contributed by atoms with Gasteiger partial charge in [0.15, 0.2) is 0 Å². The highest BCUT2D eigenvalue weighted by molar-refractivity contribution is 9.09. The van der Waals surface area contributed by atoms with Gasteiger partial charge in [-0.25, -0.2) is 0 Å². The second-order valence-electron chi connectivity index (χ2n) is 4.55. The molecule has 0 spiro atoms. The van der Waals surface area contributed by atoms with Crippen molar-refractivity contribution in [2.24, 2.45) is 0 Å². The smallest absolute Gasteiger partial charge is 0.341 e. The van der Waals surface area contributed by atoms with E-state index < -0.39 is 11.7 Å². The molecule has 2 rings (SSSR count). The SMILES string of the molecule is O=C1CC(Br)CN1CCc1ccccc1C(F)(F)F. The Morgan fingerprint density at radius 3 is 2.58 bits per heavy atom. The number of hydrogen-bond acceptors (Lipinski definition) is 1. The molecule has 1 aliphatic rings. The van der Waals surface area contributed by atoms with Crippen molar-refractivity contribution in [1.82, 2.24) is 4.90 Å². The summed E-state index contributed by atoms with van der Waals surface area (Å²) in [5.41, 5.74) is -0.377. The summed E-state index contributed by atoms with van der Waals surface area (Å²) in [6, 6.07) is 5.51. The van der Waals surface area contributed by atoms with Gasteiger partial charge in [-0.15, -0.1) is 0 Å². The molecule has 1 amide bonds. The summed E-state index contributed by atoms with van der Waals surface area (Å²) >= 11 is 3.35. The Morgan fingerprint density at radius 1 is 1.32 bits per heavy atom. The molecule has 1 heterocycles. The molecule has 0 N–H and O–H groups in total. The third-order valence-electron chi connectivity index (χ3n) is 3.14. The number of halogens is 4. The van der Waals surface area contributed by atoms with Crippen LogP contribution in [0.2, 0.25) is 0 Å². The van der Waals surface area contributed by atoms with Crippen LogP contribution in [0.4, 0.5) is 13.2 Å².